The predicted octanol–water partition coefficient (Wildman–Crippen LogP) is 3.43. The Hall–Kier alpha value is -3.21. The number of phenolic OH excluding ortho intramolecular Hbond substituents is 1. The van der Waals surface area contributed by atoms with E-state index in [-0.39, 0.29) is 29.9 Å². The number of nitrogens with one attached hydrogen (secondary N) is 2. The van der Waals surface area contributed by atoms with Gasteiger partial charge in [0, 0.05) is 45.3 Å². The number of aliphatic imine (C=N–C) groups is 1. The van der Waals surface area contributed by atoms with Crippen molar-refractivity contribution in [3.63, 3.8) is 0 Å². The summed E-state index contributed by atoms with van der Waals surface area (Å²) in [7, 11) is 1.77. The third kappa shape index (κ3) is 6.43. The first kappa shape index (κ1) is 25.4. The van der Waals surface area contributed by atoms with E-state index in [1.807, 2.05) is 42.5 Å². The van der Waals surface area contributed by atoms with Crippen LogP contribution in [0.4, 0.5) is 5.69 Å². The molecule has 0 radical (unpaired) electrons. The summed E-state index contributed by atoms with van der Waals surface area (Å²) in [4.78, 5) is 21.3. The third-order valence-electron chi connectivity index (χ3n) is 5.66. The predicted molar refractivity (Wildman–Crippen MR) is 144 cm³/mol. The van der Waals surface area contributed by atoms with Crippen molar-refractivity contribution in [1.29, 1.82) is 0 Å². The van der Waals surface area contributed by atoms with E-state index in [1.165, 1.54) is 0 Å². The molecule has 1 amide bonds. The van der Waals surface area contributed by atoms with E-state index in [0.29, 0.717) is 30.2 Å². The lowest BCUT2D eigenvalue weighted by Crippen LogP contribution is -2.52. The first-order valence-corrected chi connectivity index (χ1v) is 11.0. The van der Waals surface area contributed by atoms with Gasteiger partial charge in [0.1, 0.15) is 11.5 Å². The average Bonchev–Trinajstić information content (AvgIpc) is 3.38. The highest BCUT2D eigenvalue weighted by molar-refractivity contribution is 14.0. The summed E-state index contributed by atoms with van der Waals surface area (Å²) < 4.78 is 5.26. The molecule has 180 valence electrons. The van der Waals surface area contributed by atoms with Gasteiger partial charge >= 0.3 is 0 Å². The number of amides is 1. The quantitative estimate of drug-likeness (QED) is 0.237. The summed E-state index contributed by atoms with van der Waals surface area (Å²) in [5.41, 5.74) is 2.46. The lowest BCUT2D eigenvalue weighted by atomic mass is 10.1. The Labute approximate surface area is 216 Å². The molecule has 0 aliphatic carbocycles. The number of benzene rings is 2. The van der Waals surface area contributed by atoms with Crippen LogP contribution in [-0.2, 0) is 13.1 Å². The van der Waals surface area contributed by atoms with Crippen LogP contribution < -0.4 is 15.5 Å². The van der Waals surface area contributed by atoms with E-state index in [0.717, 1.165) is 43.4 Å². The van der Waals surface area contributed by atoms with E-state index in [2.05, 4.69) is 25.4 Å². The molecule has 3 aromatic rings. The number of furan rings is 1. The molecule has 1 aliphatic heterocycles. The van der Waals surface area contributed by atoms with Gasteiger partial charge in [-0.1, -0.05) is 24.3 Å². The summed E-state index contributed by atoms with van der Waals surface area (Å²) in [6, 6.07) is 18.6. The van der Waals surface area contributed by atoms with Crippen molar-refractivity contribution < 1.29 is 14.3 Å². The van der Waals surface area contributed by atoms with E-state index >= 15 is 0 Å². The highest BCUT2D eigenvalue weighted by Gasteiger charge is 2.21. The maximum absolute atomic E-state index is 12.5. The molecule has 0 saturated carbocycles. The minimum absolute atomic E-state index is 0. The molecule has 2 heterocycles. The number of carbonyl (C=O) groups is 1. The Bertz CT molecular complexity index is 1100. The first-order chi connectivity index (χ1) is 16.1. The highest BCUT2D eigenvalue weighted by Crippen LogP contribution is 2.27. The van der Waals surface area contributed by atoms with Crippen LogP contribution in [0.2, 0.25) is 0 Å². The number of piperazine rings is 1. The second-order valence-corrected chi connectivity index (χ2v) is 7.83. The zero-order valence-electron chi connectivity index (χ0n) is 19.1. The van der Waals surface area contributed by atoms with Crippen LogP contribution in [0.1, 0.15) is 21.7 Å². The number of nitrogens with zero attached hydrogens (tertiary/aromatic N) is 3. The van der Waals surface area contributed by atoms with Crippen molar-refractivity contribution in [3.05, 3.63) is 83.8 Å². The van der Waals surface area contributed by atoms with Crippen molar-refractivity contribution in [2.75, 3.05) is 38.1 Å². The summed E-state index contributed by atoms with van der Waals surface area (Å²) in [5.74, 6) is 1.70. The van der Waals surface area contributed by atoms with Gasteiger partial charge in [0.25, 0.3) is 5.91 Å². The molecule has 0 unspecified atom stereocenters. The largest absolute Gasteiger partial charge is 0.506 e. The molecule has 8 nitrogen and oxygen atoms in total. The maximum atomic E-state index is 12.5. The maximum Gasteiger partial charge on any atom is 0.251 e. The third-order valence-corrected chi connectivity index (χ3v) is 5.66. The van der Waals surface area contributed by atoms with Crippen LogP contribution in [0.25, 0.3) is 0 Å². The van der Waals surface area contributed by atoms with Gasteiger partial charge in [-0.2, -0.15) is 0 Å². The lowest BCUT2D eigenvalue weighted by molar-refractivity contribution is 0.0948. The van der Waals surface area contributed by atoms with Crippen LogP contribution >= 0.6 is 24.0 Å². The van der Waals surface area contributed by atoms with E-state index in [9.17, 15) is 9.90 Å². The summed E-state index contributed by atoms with van der Waals surface area (Å²) >= 11 is 0. The number of hydrogen-bond acceptors (Lipinski definition) is 5. The molecule has 0 spiro atoms. The molecule has 4 rings (SSSR count). The highest BCUT2D eigenvalue weighted by atomic mass is 127. The number of hydrogen-bond donors (Lipinski definition) is 3. The van der Waals surface area contributed by atoms with E-state index in [4.69, 9.17) is 4.42 Å². The standard InChI is InChI=1S/C25H29N5O3.HI/c1-26-25(30-13-11-29(12-14-30)22-9-2-3-10-23(22)31)28-17-19-6-4-7-20(16-19)24(32)27-18-21-8-5-15-33-21;/h2-10,15-16,31H,11-14,17-18H2,1H3,(H,26,28)(H,27,32);1H. The molecule has 1 saturated heterocycles. The number of aromatic hydroxyl groups is 1. The number of guanidine groups is 1. The second-order valence-electron chi connectivity index (χ2n) is 7.83. The fourth-order valence-corrected chi connectivity index (χ4v) is 3.91. The van der Waals surface area contributed by atoms with Crippen LogP contribution in [0.5, 0.6) is 5.75 Å². The minimum atomic E-state index is -0.141. The number of para-hydroxylation sites is 2. The van der Waals surface area contributed by atoms with Crippen molar-refractivity contribution in [2.45, 2.75) is 13.1 Å². The first-order valence-electron chi connectivity index (χ1n) is 11.0. The molecular formula is C25H30IN5O3. The van der Waals surface area contributed by atoms with E-state index in [1.54, 1.807) is 31.5 Å². The van der Waals surface area contributed by atoms with Gasteiger partial charge in [-0.3, -0.25) is 9.79 Å². The van der Waals surface area contributed by atoms with Gasteiger partial charge < -0.3 is 30.0 Å². The number of anilines is 1. The Balaban J connectivity index is 0.00000324. The van der Waals surface area contributed by atoms with Crippen molar-refractivity contribution in [3.8, 4) is 5.75 Å². The minimum Gasteiger partial charge on any atom is -0.506 e. The molecule has 0 bridgehead atoms. The van der Waals surface area contributed by atoms with Crippen LogP contribution in [0.3, 0.4) is 0 Å². The van der Waals surface area contributed by atoms with Crippen LogP contribution in [0.15, 0.2) is 76.3 Å². The monoisotopic (exact) mass is 575 g/mol. The Morgan fingerprint density at radius 2 is 1.79 bits per heavy atom. The van der Waals surface area contributed by atoms with Crippen LogP contribution in [-0.4, -0.2) is 55.1 Å². The van der Waals surface area contributed by atoms with Crippen molar-refractivity contribution >= 4 is 41.5 Å². The fourth-order valence-electron chi connectivity index (χ4n) is 3.91. The molecule has 1 fully saturated rings. The Morgan fingerprint density at radius 1 is 1.00 bits per heavy atom. The smallest absolute Gasteiger partial charge is 0.251 e. The normalized spacial score (nSPS) is 13.9. The summed E-state index contributed by atoms with van der Waals surface area (Å²) in [6.07, 6.45) is 1.59. The van der Waals surface area contributed by atoms with Gasteiger partial charge in [0.2, 0.25) is 0 Å². The van der Waals surface area contributed by atoms with Crippen LogP contribution in [0, 0.1) is 0 Å². The average molecular weight is 575 g/mol. The fraction of sp³-hybridized carbons (Fsp3) is 0.280. The molecule has 1 aromatic heterocycles. The molecule has 1 aliphatic rings. The molecule has 2 aromatic carbocycles. The SMILES string of the molecule is CN=C(NCc1cccc(C(=O)NCc2ccco2)c1)N1CCN(c2ccccc2O)CC1.I. The van der Waals surface area contributed by atoms with Gasteiger partial charge in [0.15, 0.2) is 5.96 Å². The number of rotatable bonds is 6. The van der Waals surface area contributed by atoms with E-state index < -0.39 is 0 Å². The van der Waals surface area contributed by atoms with Crippen molar-refractivity contribution in [2.24, 2.45) is 4.99 Å². The van der Waals surface area contributed by atoms with Gasteiger partial charge in [-0.05, 0) is 42.0 Å². The van der Waals surface area contributed by atoms with Gasteiger partial charge in [-0.25, -0.2) is 0 Å². The summed E-state index contributed by atoms with van der Waals surface area (Å²) in [5, 5.41) is 16.4. The van der Waals surface area contributed by atoms with Gasteiger partial charge in [0.05, 0.1) is 18.5 Å². The molecule has 0 atom stereocenters. The van der Waals surface area contributed by atoms with Gasteiger partial charge in [-0.15, -0.1) is 24.0 Å². The molecule has 3 N–H and O–H groups in total. The molecule has 9 heteroatoms. The number of carbonyl (C=O) groups excluding carboxylic acids is 1. The zero-order valence-corrected chi connectivity index (χ0v) is 21.4. The molecule has 34 heavy (non-hydrogen) atoms. The second kappa shape index (κ2) is 12.3. The van der Waals surface area contributed by atoms with Crippen molar-refractivity contribution in [1.82, 2.24) is 15.5 Å². The Kier molecular flexibility index (Phi) is 9.20. The Morgan fingerprint density at radius 3 is 2.50 bits per heavy atom. The number of halogens is 1. The number of phenols is 1. The summed E-state index contributed by atoms with van der Waals surface area (Å²) in [6.45, 7) is 4.10. The topological polar surface area (TPSA) is 93.3 Å². The molecular weight excluding hydrogens is 545 g/mol. The zero-order chi connectivity index (χ0) is 23.0. The lowest BCUT2D eigenvalue weighted by Gasteiger charge is -2.37.